The van der Waals surface area contributed by atoms with E-state index in [0.717, 1.165) is 18.4 Å². The van der Waals surface area contributed by atoms with Crippen molar-refractivity contribution in [3.05, 3.63) is 41.5 Å². The third-order valence-corrected chi connectivity index (χ3v) is 3.38. The Labute approximate surface area is 111 Å². The van der Waals surface area contributed by atoms with Crippen molar-refractivity contribution >= 4 is 0 Å². The highest BCUT2D eigenvalue weighted by atomic mass is 16.5. The Morgan fingerprint density at radius 2 is 2.21 bits per heavy atom. The number of ether oxygens (including phenoxy) is 1. The van der Waals surface area contributed by atoms with Crippen LogP contribution in [-0.4, -0.2) is 22.4 Å². The summed E-state index contributed by atoms with van der Waals surface area (Å²) in [6.45, 7) is 0. The van der Waals surface area contributed by atoms with Gasteiger partial charge in [0, 0.05) is 12.7 Å². The largest absolute Gasteiger partial charge is 0.508 e. The number of benzene rings is 1. The highest BCUT2D eigenvalue weighted by Crippen LogP contribution is 2.41. The summed E-state index contributed by atoms with van der Waals surface area (Å²) in [5.74, 6) is 1.86. The number of hydrogen-bond acceptors (Lipinski definition) is 5. The van der Waals surface area contributed by atoms with Crippen LogP contribution in [0.4, 0.5) is 0 Å². The molecule has 1 heterocycles. The Bertz CT molecular complexity index is 563. The maximum atomic E-state index is 9.72. The van der Waals surface area contributed by atoms with Gasteiger partial charge in [-0.05, 0) is 24.8 Å². The number of hydrogen-bond donors (Lipinski definition) is 1. The number of phenolic OH excluding ortho intramolecular Hbond substituents is 1. The summed E-state index contributed by atoms with van der Waals surface area (Å²) in [6.07, 6.45) is 2.67. The summed E-state index contributed by atoms with van der Waals surface area (Å²) in [4.78, 5) is 4.37. The fourth-order valence-electron chi connectivity index (χ4n) is 2.19. The second-order valence-electron chi connectivity index (χ2n) is 4.85. The van der Waals surface area contributed by atoms with Gasteiger partial charge in [0.1, 0.15) is 11.9 Å². The molecule has 2 aromatic rings. The Hall–Kier alpha value is -1.88. The zero-order valence-electron chi connectivity index (χ0n) is 10.7. The van der Waals surface area contributed by atoms with E-state index in [9.17, 15) is 5.11 Å². The minimum atomic E-state index is -0.0677. The van der Waals surface area contributed by atoms with Gasteiger partial charge in [-0.1, -0.05) is 23.4 Å². The molecule has 1 saturated carbocycles. The highest BCUT2D eigenvalue weighted by Gasteiger charge is 2.35. The lowest BCUT2D eigenvalue weighted by atomic mass is 10.1. The molecule has 19 heavy (non-hydrogen) atoms. The molecule has 1 aromatic heterocycles. The van der Waals surface area contributed by atoms with Crippen molar-refractivity contribution in [3.63, 3.8) is 0 Å². The summed E-state index contributed by atoms with van der Waals surface area (Å²) in [5.41, 5.74) is 0.776. The summed E-state index contributed by atoms with van der Waals surface area (Å²) in [5, 5.41) is 13.7. The standard InChI is InChI=1S/C14H16N2O3/c1-18-13(9-6-7-9)14-15-12(19-16-14)8-10-4-2-3-5-11(10)17/h2-5,9,13,17H,6-8H2,1H3. The van der Waals surface area contributed by atoms with E-state index in [0.29, 0.717) is 24.1 Å². The van der Waals surface area contributed by atoms with Gasteiger partial charge in [-0.25, -0.2) is 0 Å². The van der Waals surface area contributed by atoms with Crippen LogP contribution < -0.4 is 0 Å². The molecular weight excluding hydrogens is 244 g/mol. The lowest BCUT2D eigenvalue weighted by Gasteiger charge is -2.08. The molecule has 1 unspecified atom stereocenters. The molecule has 5 nitrogen and oxygen atoms in total. The number of methoxy groups -OCH3 is 1. The third-order valence-electron chi connectivity index (χ3n) is 3.38. The van der Waals surface area contributed by atoms with Crippen molar-refractivity contribution in [2.45, 2.75) is 25.4 Å². The molecule has 3 rings (SSSR count). The van der Waals surface area contributed by atoms with E-state index >= 15 is 0 Å². The monoisotopic (exact) mass is 260 g/mol. The number of nitrogens with zero attached hydrogens (tertiary/aromatic N) is 2. The van der Waals surface area contributed by atoms with Gasteiger partial charge >= 0.3 is 0 Å². The summed E-state index contributed by atoms with van der Waals surface area (Å²) >= 11 is 0. The van der Waals surface area contributed by atoms with E-state index in [1.165, 1.54) is 0 Å². The SMILES string of the molecule is COC(c1noc(Cc2ccccc2O)n1)C1CC1. The lowest BCUT2D eigenvalue weighted by Crippen LogP contribution is -2.05. The van der Waals surface area contributed by atoms with Crippen molar-refractivity contribution in [3.8, 4) is 5.75 Å². The zero-order chi connectivity index (χ0) is 13.2. The Morgan fingerprint density at radius 3 is 2.89 bits per heavy atom. The first-order valence-corrected chi connectivity index (χ1v) is 6.40. The number of aromatic nitrogens is 2. The molecule has 0 bridgehead atoms. The minimum absolute atomic E-state index is 0.0677. The summed E-state index contributed by atoms with van der Waals surface area (Å²) < 4.78 is 10.6. The van der Waals surface area contributed by atoms with E-state index in [1.54, 1.807) is 19.2 Å². The van der Waals surface area contributed by atoms with Gasteiger partial charge in [0.2, 0.25) is 11.7 Å². The van der Waals surface area contributed by atoms with Crippen molar-refractivity contribution in [2.24, 2.45) is 5.92 Å². The normalized spacial score (nSPS) is 16.5. The molecular formula is C14H16N2O3. The molecule has 5 heteroatoms. The summed E-state index contributed by atoms with van der Waals surface area (Å²) in [6, 6.07) is 7.14. The quantitative estimate of drug-likeness (QED) is 0.894. The molecule has 0 amide bonds. The Morgan fingerprint density at radius 1 is 1.42 bits per heavy atom. The van der Waals surface area contributed by atoms with Gasteiger partial charge in [0.25, 0.3) is 0 Å². The fraction of sp³-hybridized carbons (Fsp3) is 0.429. The van der Waals surface area contributed by atoms with Crippen molar-refractivity contribution < 1.29 is 14.4 Å². The van der Waals surface area contributed by atoms with Gasteiger partial charge in [0.05, 0.1) is 6.42 Å². The topological polar surface area (TPSA) is 68.4 Å². The number of aromatic hydroxyl groups is 1. The van der Waals surface area contributed by atoms with Crippen molar-refractivity contribution in [1.29, 1.82) is 0 Å². The average Bonchev–Trinajstić information content (AvgIpc) is 3.14. The van der Waals surface area contributed by atoms with E-state index < -0.39 is 0 Å². The third kappa shape index (κ3) is 2.61. The highest BCUT2D eigenvalue weighted by molar-refractivity contribution is 5.33. The number of rotatable bonds is 5. The molecule has 1 N–H and O–H groups in total. The van der Waals surface area contributed by atoms with Crippen molar-refractivity contribution in [2.75, 3.05) is 7.11 Å². The predicted octanol–water partition coefficient (Wildman–Crippen LogP) is 2.46. The fourth-order valence-corrected chi connectivity index (χ4v) is 2.19. The molecule has 0 radical (unpaired) electrons. The van der Waals surface area contributed by atoms with Gasteiger partial charge in [-0.15, -0.1) is 0 Å². The van der Waals surface area contributed by atoms with Gasteiger partial charge in [-0.3, -0.25) is 0 Å². The van der Waals surface area contributed by atoms with Crippen LogP contribution in [0.2, 0.25) is 0 Å². The van der Waals surface area contributed by atoms with E-state index in [-0.39, 0.29) is 11.9 Å². The van der Waals surface area contributed by atoms with Crippen LogP contribution in [0.3, 0.4) is 0 Å². The van der Waals surface area contributed by atoms with Gasteiger partial charge in [-0.2, -0.15) is 4.98 Å². The van der Waals surface area contributed by atoms with Crippen LogP contribution in [-0.2, 0) is 11.2 Å². The first-order chi connectivity index (χ1) is 9.28. The first kappa shape index (κ1) is 12.2. The Kier molecular flexibility index (Phi) is 3.21. The molecule has 1 aliphatic rings. The van der Waals surface area contributed by atoms with Crippen LogP contribution in [0.1, 0.15) is 36.2 Å². The Balaban J connectivity index is 1.76. The molecule has 1 fully saturated rings. The average molecular weight is 260 g/mol. The predicted molar refractivity (Wildman–Crippen MR) is 67.7 cm³/mol. The molecule has 0 spiro atoms. The molecule has 1 atom stereocenters. The smallest absolute Gasteiger partial charge is 0.231 e. The first-order valence-electron chi connectivity index (χ1n) is 6.40. The second kappa shape index (κ2) is 5.01. The van der Waals surface area contributed by atoms with Crippen LogP contribution in [0.25, 0.3) is 0 Å². The van der Waals surface area contributed by atoms with E-state index in [4.69, 9.17) is 9.26 Å². The maximum Gasteiger partial charge on any atom is 0.231 e. The minimum Gasteiger partial charge on any atom is -0.508 e. The number of para-hydroxylation sites is 1. The van der Waals surface area contributed by atoms with Crippen LogP contribution in [0, 0.1) is 5.92 Å². The van der Waals surface area contributed by atoms with Crippen molar-refractivity contribution in [1.82, 2.24) is 10.1 Å². The van der Waals surface area contributed by atoms with Crippen LogP contribution in [0.5, 0.6) is 5.75 Å². The van der Waals surface area contributed by atoms with Crippen LogP contribution >= 0.6 is 0 Å². The second-order valence-corrected chi connectivity index (χ2v) is 4.85. The zero-order valence-corrected chi connectivity index (χ0v) is 10.7. The molecule has 100 valence electrons. The number of phenols is 1. The molecule has 0 aliphatic heterocycles. The van der Waals surface area contributed by atoms with Gasteiger partial charge < -0.3 is 14.4 Å². The van der Waals surface area contributed by atoms with Crippen LogP contribution in [0.15, 0.2) is 28.8 Å². The lowest BCUT2D eigenvalue weighted by molar-refractivity contribution is 0.0751. The van der Waals surface area contributed by atoms with Gasteiger partial charge in [0.15, 0.2) is 0 Å². The van der Waals surface area contributed by atoms with E-state index in [1.807, 2.05) is 12.1 Å². The molecule has 0 saturated heterocycles. The molecule has 1 aromatic carbocycles. The molecule has 1 aliphatic carbocycles. The maximum absolute atomic E-state index is 9.72. The summed E-state index contributed by atoms with van der Waals surface area (Å²) in [7, 11) is 1.67. The van der Waals surface area contributed by atoms with E-state index in [2.05, 4.69) is 10.1 Å².